The zero-order valence-electron chi connectivity index (χ0n) is 19.7. The van der Waals surface area contributed by atoms with E-state index in [9.17, 15) is 4.79 Å². The summed E-state index contributed by atoms with van der Waals surface area (Å²) >= 11 is 6.12. The van der Waals surface area contributed by atoms with Crippen LogP contribution in [0.3, 0.4) is 0 Å². The van der Waals surface area contributed by atoms with Crippen LogP contribution in [0.2, 0.25) is 5.02 Å². The molecule has 3 aromatic carbocycles. The van der Waals surface area contributed by atoms with Gasteiger partial charge in [0.05, 0.1) is 25.4 Å². The van der Waals surface area contributed by atoms with Gasteiger partial charge < -0.3 is 14.4 Å². The van der Waals surface area contributed by atoms with Crippen LogP contribution in [-0.2, 0) is 11.3 Å². The molecule has 1 saturated heterocycles. The molecule has 0 unspecified atom stereocenters. The summed E-state index contributed by atoms with van der Waals surface area (Å²) in [7, 11) is 1.59. The fourth-order valence-corrected chi connectivity index (χ4v) is 4.42. The third-order valence-corrected chi connectivity index (χ3v) is 6.45. The predicted molar refractivity (Wildman–Crippen MR) is 135 cm³/mol. The molecule has 1 heterocycles. The van der Waals surface area contributed by atoms with Crippen LogP contribution in [-0.4, -0.2) is 55.5 Å². The molecular formula is C28H31ClN2O3. The lowest BCUT2D eigenvalue weighted by atomic mass is 10.1. The van der Waals surface area contributed by atoms with Crippen molar-refractivity contribution in [2.45, 2.75) is 19.6 Å². The molecule has 0 N–H and O–H groups in total. The van der Waals surface area contributed by atoms with Crippen molar-refractivity contribution in [3.05, 3.63) is 100 Å². The summed E-state index contributed by atoms with van der Waals surface area (Å²) in [6.07, 6.45) is -0.0887. The maximum absolute atomic E-state index is 13.0. The van der Waals surface area contributed by atoms with Crippen LogP contribution in [0, 0.1) is 6.92 Å². The van der Waals surface area contributed by atoms with Crippen LogP contribution >= 0.6 is 11.6 Å². The van der Waals surface area contributed by atoms with E-state index in [1.54, 1.807) is 7.11 Å². The molecule has 0 bridgehead atoms. The summed E-state index contributed by atoms with van der Waals surface area (Å²) in [4.78, 5) is 17.3. The number of methoxy groups -OCH3 is 1. The van der Waals surface area contributed by atoms with E-state index in [2.05, 4.69) is 36.1 Å². The second-order valence-electron chi connectivity index (χ2n) is 8.63. The SMILES string of the molecule is COc1ccccc1C(=O)N1CCN(C[C@H](OCc2cccc(C)c2)c2ccc(Cl)cc2)CC1. The van der Waals surface area contributed by atoms with E-state index in [1.807, 2.05) is 53.4 Å². The fourth-order valence-electron chi connectivity index (χ4n) is 4.29. The van der Waals surface area contributed by atoms with Gasteiger partial charge in [0.1, 0.15) is 5.75 Å². The molecule has 1 atom stereocenters. The Morgan fingerprint density at radius 2 is 1.71 bits per heavy atom. The lowest BCUT2D eigenvalue weighted by molar-refractivity contribution is 0.00338. The Morgan fingerprint density at radius 3 is 2.41 bits per heavy atom. The van der Waals surface area contributed by atoms with Gasteiger partial charge in [-0.3, -0.25) is 9.69 Å². The van der Waals surface area contributed by atoms with E-state index in [0.717, 1.165) is 30.8 Å². The zero-order chi connectivity index (χ0) is 23.9. The van der Waals surface area contributed by atoms with Crippen molar-refractivity contribution in [1.29, 1.82) is 0 Å². The van der Waals surface area contributed by atoms with E-state index >= 15 is 0 Å². The average molecular weight is 479 g/mol. The van der Waals surface area contributed by atoms with E-state index < -0.39 is 0 Å². The van der Waals surface area contributed by atoms with Crippen molar-refractivity contribution in [1.82, 2.24) is 9.80 Å². The first-order valence-electron chi connectivity index (χ1n) is 11.6. The standard InChI is InChI=1S/C28H31ClN2O3/c1-21-6-5-7-22(18-21)20-34-27(23-10-12-24(29)13-11-23)19-30-14-16-31(17-15-30)28(32)25-8-3-4-9-26(25)33-2/h3-13,18,27H,14-17,19-20H2,1-2H3/t27-/m0/s1. The smallest absolute Gasteiger partial charge is 0.257 e. The maximum Gasteiger partial charge on any atom is 0.257 e. The molecule has 0 aromatic heterocycles. The third-order valence-electron chi connectivity index (χ3n) is 6.20. The Bertz CT molecular complexity index is 1090. The Hall–Kier alpha value is -2.86. The number of hydrogen-bond acceptors (Lipinski definition) is 4. The molecule has 0 radical (unpaired) electrons. The van der Waals surface area contributed by atoms with Gasteiger partial charge in [0, 0.05) is 37.7 Å². The summed E-state index contributed by atoms with van der Waals surface area (Å²) in [5.74, 6) is 0.629. The van der Waals surface area contributed by atoms with Gasteiger partial charge in [-0.1, -0.05) is 65.7 Å². The molecule has 178 valence electrons. The molecule has 1 fully saturated rings. The number of halogens is 1. The fraction of sp³-hybridized carbons (Fsp3) is 0.321. The van der Waals surface area contributed by atoms with Gasteiger partial charge in [-0.05, 0) is 42.3 Å². The highest BCUT2D eigenvalue weighted by molar-refractivity contribution is 6.30. The Balaban J connectivity index is 1.39. The van der Waals surface area contributed by atoms with Gasteiger partial charge in [0.2, 0.25) is 0 Å². The quantitative estimate of drug-likeness (QED) is 0.436. The van der Waals surface area contributed by atoms with Crippen LogP contribution in [0.25, 0.3) is 0 Å². The van der Waals surface area contributed by atoms with Crippen molar-refractivity contribution in [3.8, 4) is 5.75 Å². The Morgan fingerprint density at radius 1 is 0.971 bits per heavy atom. The van der Waals surface area contributed by atoms with E-state index in [-0.39, 0.29) is 12.0 Å². The summed E-state index contributed by atoms with van der Waals surface area (Å²) in [5.41, 5.74) is 4.09. The summed E-state index contributed by atoms with van der Waals surface area (Å²) in [5, 5.41) is 0.713. The number of rotatable bonds is 8. The first kappa shape index (κ1) is 24.3. The minimum atomic E-state index is -0.0887. The number of amides is 1. The maximum atomic E-state index is 13.0. The van der Waals surface area contributed by atoms with Gasteiger partial charge >= 0.3 is 0 Å². The number of benzene rings is 3. The number of carbonyl (C=O) groups is 1. The molecule has 6 heteroatoms. The largest absolute Gasteiger partial charge is 0.496 e. The number of nitrogens with zero attached hydrogens (tertiary/aromatic N) is 2. The topological polar surface area (TPSA) is 42.0 Å². The van der Waals surface area contributed by atoms with Gasteiger partial charge in [-0.2, -0.15) is 0 Å². The molecule has 4 rings (SSSR count). The van der Waals surface area contributed by atoms with Crippen LogP contribution < -0.4 is 4.74 Å². The summed E-state index contributed by atoms with van der Waals surface area (Å²) in [6.45, 7) is 6.30. The minimum absolute atomic E-state index is 0.0158. The highest BCUT2D eigenvalue weighted by Crippen LogP contribution is 2.25. The lowest BCUT2D eigenvalue weighted by Crippen LogP contribution is -2.49. The Kier molecular flexibility index (Phi) is 8.22. The first-order valence-corrected chi connectivity index (χ1v) is 12.0. The zero-order valence-corrected chi connectivity index (χ0v) is 20.5. The number of aryl methyl sites for hydroxylation is 1. The van der Waals surface area contributed by atoms with Crippen molar-refractivity contribution in [2.75, 3.05) is 39.8 Å². The van der Waals surface area contributed by atoms with Gasteiger partial charge in [-0.15, -0.1) is 0 Å². The second-order valence-corrected chi connectivity index (χ2v) is 9.07. The van der Waals surface area contributed by atoms with Crippen LogP contribution in [0.1, 0.15) is 33.2 Å². The van der Waals surface area contributed by atoms with Crippen LogP contribution in [0.4, 0.5) is 0 Å². The molecule has 0 aliphatic carbocycles. The molecule has 0 spiro atoms. The van der Waals surface area contributed by atoms with Gasteiger partial charge in [0.15, 0.2) is 0 Å². The lowest BCUT2D eigenvalue weighted by Gasteiger charge is -2.36. The van der Waals surface area contributed by atoms with Crippen molar-refractivity contribution < 1.29 is 14.3 Å². The molecule has 5 nitrogen and oxygen atoms in total. The number of hydrogen-bond donors (Lipinski definition) is 0. The van der Waals surface area contributed by atoms with Crippen LogP contribution in [0.15, 0.2) is 72.8 Å². The predicted octanol–water partition coefficient (Wildman–Crippen LogP) is 5.37. The number of piperazine rings is 1. The average Bonchev–Trinajstić information content (AvgIpc) is 2.87. The van der Waals surface area contributed by atoms with E-state index in [4.69, 9.17) is 21.1 Å². The molecule has 0 saturated carbocycles. The molecule has 1 aliphatic rings. The first-order chi connectivity index (χ1) is 16.5. The molecule has 1 amide bonds. The Labute approximate surface area is 206 Å². The number of carbonyl (C=O) groups excluding carboxylic acids is 1. The van der Waals surface area contributed by atoms with Crippen molar-refractivity contribution in [3.63, 3.8) is 0 Å². The third kappa shape index (κ3) is 6.17. The van der Waals surface area contributed by atoms with Crippen molar-refractivity contribution >= 4 is 17.5 Å². The number of ether oxygens (including phenoxy) is 2. The van der Waals surface area contributed by atoms with Crippen LogP contribution in [0.5, 0.6) is 5.75 Å². The van der Waals surface area contributed by atoms with Gasteiger partial charge in [0.25, 0.3) is 5.91 Å². The highest BCUT2D eigenvalue weighted by Gasteiger charge is 2.26. The summed E-state index contributed by atoms with van der Waals surface area (Å²) in [6, 6.07) is 23.7. The van der Waals surface area contributed by atoms with Gasteiger partial charge in [-0.25, -0.2) is 0 Å². The summed E-state index contributed by atoms with van der Waals surface area (Å²) < 4.78 is 11.8. The molecule has 1 aliphatic heterocycles. The monoisotopic (exact) mass is 478 g/mol. The van der Waals surface area contributed by atoms with E-state index in [0.29, 0.717) is 36.0 Å². The highest BCUT2D eigenvalue weighted by atomic mass is 35.5. The molecular weight excluding hydrogens is 448 g/mol. The molecule has 3 aromatic rings. The van der Waals surface area contributed by atoms with E-state index in [1.165, 1.54) is 5.56 Å². The number of para-hydroxylation sites is 1. The van der Waals surface area contributed by atoms with Crippen molar-refractivity contribution in [2.24, 2.45) is 0 Å². The second kappa shape index (κ2) is 11.5. The normalized spacial score (nSPS) is 15.2. The minimum Gasteiger partial charge on any atom is -0.496 e. The molecule has 34 heavy (non-hydrogen) atoms.